The number of sulfonamides is 1. The molecular formula is C27H38N6O6S. The number of nitrogens with one attached hydrogen (secondary N) is 4. The average molecular weight is 575 g/mol. The lowest BCUT2D eigenvalue weighted by Gasteiger charge is -2.33. The number of carbonyl (C=O) groups excluding carboxylic acids is 3. The number of hydrogen-bond donors (Lipinski definition) is 5. The van der Waals surface area contributed by atoms with E-state index in [-0.39, 0.29) is 29.2 Å². The summed E-state index contributed by atoms with van der Waals surface area (Å²) in [5, 5.41) is 14.5. The van der Waals surface area contributed by atoms with Gasteiger partial charge in [-0.05, 0) is 47.6 Å². The number of guanidine groups is 1. The number of ether oxygens (including phenoxy) is 1. The van der Waals surface area contributed by atoms with Gasteiger partial charge in [-0.2, -0.15) is 4.72 Å². The number of esters is 1. The molecule has 0 unspecified atom stereocenters. The maximum absolute atomic E-state index is 13.3. The van der Waals surface area contributed by atoms with Crippen LogP contribution in [0.25, 0.3) is 10.8 Å². The molecule has 1 saturated heterocycles. The summed E-state index contributed by atoms with van der Waals surface area (Å²) in [6.45, 7) is 4.89. The summed E-state index contributed by atoms with van der Waals surface area (Å²) >= 11 is 0. The van der Waals surface area contributed by atoms with Gasteiger partial charge in [0.1, 0.15) is 12.1 Å². The van der Waals surface area contributed by atoms with Gasteiger partial charge < -0.3 is 26.0 Å². The van der Waals surface area contributed by atoms with E-state index in [1.165, 1.54) is 19.2 Å². The molecule has 3 rings (SSSR count). The highest BCUT2D eigenvalue weighted by molar-refractivity contribution is 7.89. The zero-order chi connectivity index (χ0) is 29.4. The molecule has 2 amide bonds. The molecule has 0 bridgehead atoms. The van der Waals surface area contributed by atoms with Crippen LogP contribution < -0.4 is 21.1 Å². The van der Waals surface area contributed by atoms with Crippen LogP contribution >= 0.6 is 0 Å². The van der Waals surface area contributed by atoms with Crippen LogP contribution in [0.1, 0.15) is 33.1 Å². The Kier molecular flexibility index (Phi) is 10.5. The molecule has 0 aromatic heterocycles. The number of methoxy groups -OCH3 is 1. The number of hydrogen-bond acceptors (Lipinski definition) is 7. The van der Waals surface area contributed by atoms with E-state index in [1.807, 2.05) is 12.1 Å². The standard InChI is InChI=1S/C27H38N6O6S/c1-17(2)24(26(36)39-3)31-25(35)22(14-23(34)30-15-18-7-6-12-33(16-18)27(28)29)32-40(37,38)21-11-10-19-8-4-5-9-20(19)13-21/h4-5,8-11,13,17-18,22,24,32H,6-7,12,14-16H2,1-3H3,(H3,28,29)(H,30,34)(H,31,35)/t18-,22-,24-/m0/s1. The molecule has 1 aliphatic rings. The van der Waals surface area contributed by atoms with Crippen molar-refractivity contribution in [3.8, 4) is 0 Å². The Morgan fingerprint density at radius 2 is 1.85 bits per heavy atom. The lowest BCUT2D eigenvalue weighted by molar-refractivity contribution is -0.146. The third-order valence-electron chi connectivity index (χ3n) is 6.90. The van der Waals surface area contributed by atoms with Crippen LogP contribution in [-0.2, 0) is 29.1 Å². The van der Waals surface area contributed by atoms with Gasteiger partial charge in [0.15, 0.2) is 5.96 Å². The molecule has 1 aliphatic heterocycles. The molecule has 2 aromatic rings. The van der Waals surface area contributed by atoms with Crippen LogP contribution in [0.3, 0.4) is 0 Å². The molecule has 40 heavy (non-hydrogen) atoms. The maximum atomic E-state index is 13.3. The van der Waals surface area contributed by atoms with Crippen LogP contribution in [0.2, 0.25) is 0 Å². The van der Waals surface area contributed by atoms with Crippen LogP contribution in [0.4, 0.5) is 0 Å². The fourth-order valence-electron chi connectivity index (χ4n) is 4.62. The Hall–Kier alpha value is -3.71. The third-order valence-corrected chi connectivity index (χ3v) is 8.37. The number of nitrogens with zero attached hydrogens (tertiary/aromatic N) is 1. The number of rotatable bonds is 11. The number of likely N-dealkylation sites (tertiary alicyclic amines) is 1. The van der Waals surface area contributed by atoms with Crippen LogP contribution in [0, 0.1) is 17.2 Å². The topological polar surface area (TPSA) is 184 Å². The second-order valence-corrected chi connectivity index (χ2v) is 12.0. The van der Waals surface area contributed by atoms with Gasteiger partial charge in [0.25, 0.3) is 0 Å². The largest absolute Gasteiger partial charge is 0.467 e. The van der Waals surface area contributed by atoms with Gasteiger partial charge in [0.2, 0.25) is 21.8 Å². The predicted molar refractivity (Wildman–Crippen MR) is 151 cm³/mol. The molecule has 12 nitrogen and oxygen atoms in total. The van der Waals surface area contributed by atoms with Gasteiger partial charge in [-0.3, -0.25) is 15.0 Å². The first-order chi connectivity index (χ1) is 18.9. The van der Waals surface area contributed by atoms with Crippen LogP contribution in [0.15, 0.2) is 47.4 Å². The molecule has 0 aliphatic carbocycles. The van der Waals surface area contributed by atoms with Crippen molar-refractivity contribution in [2.75, 3.05) is 26.7 Å². The quantitative estimate of drug-likeness (QED) is 0.149. The van der Waals surface area contributed by atoms with Gasteiger partial charge in [0, 0.05) is 19.6 Å². The van der Waals surface area contributed by atoms with E-state index < -0.39 is 46.3 Å². The number of benzene rings is 2. The normalized spacial score (nSPS) is 17.2. The molecule has 1 fully saturated rings. The minimum absolute atomic E-state index is 0.0267. The van der Waals surface area contributed by atoms with Crippen molar-refractivity contribution >= 4 is 44.5 Å². The highest BCUT2D eigenvalue weighted by Gasteiger charge is 2.33. The lowest BCUT2D eigenvalue weighted by Crippen LogP contribution is -2.54. The Balaban J connectivity index is 1.78. The molecule has 0 spiro atoms. The molecule has 3 atom stereocenters. The predicted octanol–water partition coefficient (Wildman–Crippen LogP) is 0.912. The highest BCUT2D eigenvalue weighted by Crippen LogP contribution is 2.20. The van der Waals surface area contributed by atoms with Crippen molar-refractivity contribution in [2.45, 2.75) is 50.1 Å². The molecule has 13 heteroatoms. The Labute approximate surface area is 234 Å². The molecular weight excluding hydrogens is 536 g/mol. The number of piperidine rings is 1. The molecule has 218 valence electrons. The summed E-state index contributed by atoms with van der Waals surface area (Å²) in [5.74, 6) is -2.38. The molecule has 0 radical (unpaired) electrons. The van der Waals surface area contributed by atoms with E-state index in [0.717, 1.165) is 18.2 Å². The second kappa shape index (κ2) is 13.6. The van der Waals surface area contributed by atoms with E-state index in [9.17, 15) is 22.8 Å². The molecule has 1 heterocycles. The van der Waals surface area contributed by atoms with Gasteiger partial charge in [-0.15, -0.1) is 0 Å². The fourth-order valence-corrected chi connectivity index (χ4v) is 5.85. The Morgan fingerprint density at radius 3 is 2.50 bits per heavy atom. The van der Waals surface area contributed by atoms with E-state index in [2.05, 4.69) is 15.4 Å². The van der Waals surface area contributed by atoms with Crippen molar-refractivity contribution in [1.82, 2.24) is 20.3 Å². The molecule has 6 N–H and O–H groups in total. The first kappa shape index (κ1) is 30.8. The number of carbonyl (C=O) groups is 3. The van der Waals surface area contributed by atoms with Gasteiger partial charge in [0.05, 0.1) is 18.4 Å². The fraction of sp³-hybridized carbons (Fsp3) is 0.481. The SMILES string of the molecule is COC(=O)[C@@H](NC(=O)[C@H](CC(=O)NC[C@@H]1CCCN(C(=N)N)C1)NS(=O)(=O)c1ccc2ccccc2c1)C(C)C. The monoisotopic (exact) mass is 574 g/mol. The van der Waals surface area contributed by atoms with Crippen LogP contribution in [0.5, 0.6) is 0 Å². The maximum Gasteiger partial charge on any atom is 0.328 e. The zero-order valence-electron chi connectivity index (χ0n) is 23.0. The summed E-state index contributed by atoms with van der Waals surface area (Å²) in [6.07, 6.45) is 1.16. The lowest BCUT2D eigenvalue weighted by atomic mass is 9.98. The van der Waals surface area contributed by atoms with Crippen molar-refractivity contribution in [2.24, 2.45) is 17.6 Å². The summed E-state index contributed by atoms with van der Waals surface area (Å²) in [6, 6.07) is 9.28. The minimum atomic E-state index is -4.23. The zero-order valence-corrected chi connectivity index (χ0v) is 23.8. The number of fused-ring (bicyclic) bond motifs is 1. The van der Waals surface area contributed by atoms with Crippen LogP contribution in [-0.4, -0.2) is 75.9 Å². The second-order valence-electron chi connectivity index (χ2n) is 10.3. The van der Waals surface area contributed by atoms with Crippen molar-refractivity contribution in [1.29, 1.82) is 5.41 Å². The van der Waals surface area contributed by atoms with Gasteiger partial charge >= 0.3 is 5.97 Å². The van der Waals surface area contributed by atoms with E-state index in [4.69, 9.17) is 15.9 Å². The van der Waals surface area contributed by atoms with E-state index in [1.54, 1.807) is 36.9 Å². The molecule has 2 aromatic carbocycles. The summed E-state index contributed by atoms with van der Waals surface area (Å²) in [4.78, 5) is 40.1. The molecule has 0 saturated carbocycles. The average Bonchev–Trinajstić information content (AvgIpc) is 2.93. The van der Waals surface area contributed by atoms with E-state index >= 15 is 0 Å². The summed E-state index contributed by atoms with van der Waals surface area (Å²) < 4.78 is 33.8. The smallest absolute Gasteiger partial charge is 0.328 e. The Morgan fingerprint density at radius 1 is 1.15 bits per heavy atom. The Bertz CT molecular complexity index is 1350. The third kappa shape index (κ3) is 8.15. The van der Waals surface area contributed by atoms with Crippen molar-refractivity contribution < 1.29 is 27.5 Å². The van der Waals surface area contributed by atoms with E-state index in [0.29, 0.717) is 18.5 Å². The van der Waals surface area contributed by atoms with Gasteiger partial charge in [-0.25, -0.2) is 13.2 Å². The first-order valence-electron chi connectivity index (χ1n) is 13.2. The van der Waals surface area contributed by atoms with Crippen molar-refractivity contribution in [3.63, 3.8) is 0 Å². The van der Waals surface area contributed by atoms with Crippen molar-refractivity contribution in [3.05, 3.63) is 42.5 Å². The van der Waals surface area contributed by atoms with Gasteiger partial charge in [-0.1, -0.05) is 44.2 Å². The minimum Gasteiger partial charge on any atom is -0.467 e. The first-order valence-corrected chi connectivity index (χ1v) is 14.6. The number of nitrogens with two attached hydrogens (primary N) is 1. The highest BCUT2D eigenvalue weighted by atomic mass is 32.2. The number of amides is 2. The summed E-state index contributed by atoms with van der Waals surface area (Å²) in [7, 11) is -3.04. The summed E-state index contributed by atoms with van der Waals surface area (Å²) in [5.41, 5.74) is 5.59.